The lowest BCUT2D eigenvalue weighted by molar-refractivity contribution is -0.155. The average molecular weight is 388 g/mol. The Morgan fingerprint density at radius 3 is 2.57 bits per heavy atom. The van der Waals surface area contributed by atoms with Crippen molar-refractivity contribution in [1.29, 1.82) is 0 Å². The highest BCUT2D eigenvalue weighted by molar-refractivity contribution is 5.69. The van der Waals surface area contributed by atoms with E-state index >= 15 is 0 Å². The second-order valence-electron chi connectivity index (χ2n) is 6.92. The molecule has 0 bridgehead atoms. The first kappa shape index (κ1) is 19.7. The van der Waals surface area contributed by atoms with Gasteiger partial charge in [0.2, 0.25) is 0 Å². The van der Waals surface area contributed by atoms with Gasteiger partial charge in [-0.05, 0) is 18.6 Å². The molecule has 7 heteroatoms. The summed E-state index contributed by atoms with van der Waals surface area (Å²) >= 11 is 0. The minimum atomic E-state index is -0.768. The molecule has 7 nitrogen and oxygen atoms in total. The number of rotatable bonds is 6. The molecule has 2 unspecified atom stereocenters. The predicted molar refractivity (Wildman–Crippen MR) is 101 cm³/mol. The maximum absolute atomic E-state index is 12.3. The molecular weight excluding hydrogens is 364 g/mol. The Morgan fingerprint density at radius 1 is 1.07 bits per heavy atom. The van der Waals surface area contributed by atoms with E-state index in [1.54, 1.807) is 6.07 Å². The van der Waals surface area contributed by atoms with Gasteiger partial charge in [-0.3, -0.25) is 4.79 Å². The van der Waals surface area contributed by atoms with Gasteiger partial charge in [0.25, 0.3) is 0 Å². The first-order valence-electron chi connectivity index (χ1n) is 9.32. The number of fused-ring (bicyclic) bond motifs is 1. The summed E-state index contributed by atoms with van der Waals surface area (Å²) in [5, 5.41) is 39.3. The third-order valence-corrected chi connectivity index (χ3v) is 4.76. The summed E-state index contributed by atoms with van der Waals surface area (Å²) in [6, 6.07) is 6.80. The lowest BCUT2D eigenvalue weighted by atomic mass is 9.93. The summed E-state index contributed by atoms with van der Waals surface area (Å²) in [6.07, 6.45) is 1.60. The Hall–Kier alpha value is -3.09. The van der Waals surface area contributed by atoms with E-state index in [1.807, 2.05) is 6.92 Å². The number of benzene rings is 2. The van der Waals surface area contributed by atoms with Crippen molar-refractivity contribution >= 4 is 5.97 Å². The average Bonchev–Trinajstić information content (AvgIpc) is 2.64. The Morgan fingerprint density at radius 2 is 1.86 bits per heavy atom. The van der Waals surface area contributed by atoms with Crippen LogP contribution in [0.3, 0.4) is 0 Å². The number of esters is 1. The fourth-order valence-electron chi connectivity index (χ4n) is 3.30. The lowest BCUT2D eigenvalue weighted by Crippen LogP contribution is -2.34. The Kier molecular flexibility index (Phi) is 5.82. The topological polar surface area (TPSA) is 116 Å². The molecule has 2 aromatic rings. The van der Waals surface area contributed by atoms with Crippen molar-refractivity contribution in [1.82, 2.24) is 0 Å². The summed E-state index contributed by atoms with van der Waals surface area (Å²) in [6.45, 7) is 2.04. The van der Waals surface area contributed by atoms with Gasteiger partial charge in [-0.2, -0.15) is 0 Å². The molecule has 0 saturated heterocycles. The molecule has 2 atom stereocenters. The van der Waals surface area contributed by atoms with Crippen LogP contribution in [0.25, 0.3) is 0 Å². The van der Waals surface area contributed by atoms with E-state index in [0.29, 0.717) is 11.1 Å². The monoisotopic (exact) mass is 388 g/mol. The Balaban J connectivity index is 1.90. The zero-order chi connectivity index (χ0) is 20.3. The maximum Gasteiger partial charge on any atom is 0.306 e. The molecule has 4 N–H and O–H groups in total. The molecular formula is C21H24O7. The molecule has 1 heterocycles. The molecule has 2 aromatic carbocycles. The predicted octanol–water partition coefficient (Wildman–Crippen LogP) is 3.68. The zero-order valence-electron chi connectivity index (χ0n) is 15.6. The molecule has 0 aliphatic carbocycles. The van der Waals surface area contributed by atoms with Crippen LogP contribution in [0.15, 0.2) is 30.3 Å². The van der Waals surface area contributed by atoms with Crippen LogP contribution >= 0.6 is 0 Å². The van der Waals surface area contributed by atoms with E-state index in [-0.39, 0.29) is 47.6 Å². The highest BCUT2D eigenvalue weighted by atomic mass is 16.6. The van der Waals surface area contributed by atoms with E-state index in [4.69, 9.17) is 9.47 Å². The quantitative estimate of drug-likeness (QED) is 0.339. The molecule has 0 fully saturated rings. The first-order chi connectivity index (χ1) is 13.4. The number of aromatic hydroxyl groups is 4. The van der Waals surface area contributed by atoms with E-state index in [0.717, 1.165) is 19.3 Å². The van der Waals surface area contributed by atoms with Crippen LogP contribution in [-0.4, -0.2) is 32.5 Å². The van der Waals surface area contributed by atoms with Crippen LogP contribution in [-0.2, 0) is 16.0 Å². The highest BCUT2D eigenvalue weighted by Crippen LogP contribution is 2.43. The number of unbranched alkanes of at least 4 members (excludes halogenated alkanes) is 2. The van der Waals surface area contributed by atoms with Crippen LogP contribution in [0.5, 0.6) is 28.7 Å². The van der Waals surface area contributed by atoms with Crippen molar-refractivity contribution in [2.24, 2.45) is 0 Å². The number of hydrogen-bond donors (Lipinski definition) is 4. The fraction of sp³-hybridized carbons (Fsp3) is 0.381. The molecule has 150 valence electrons. The minimum absolute atomic E-state index is 0.144. The molecule has 3 rings (SSSR count). The van der Waals surface area contributed by atoms with Gasteiger partial charge in [-0.1, -0.05) is 25.8 Å². The molecule has 0 aromatic heterocycles. The molecule has 1 aliphatic rings. The van der Waals surface area contributed by atoms with Gasteiger partial charge < -0.3 is 29.9 Å². The van der Waals surface area contributed by atoms with E-state index in [9.17, 15) is 25.2 Å². The normalized spacial score (nSPS) is 18.2. The number of phenols is 4. The van der Waals surface area contributed by atoms with Gasteiger partial charge in [0.1, 0.15) is 23.4 Å². The van der Waals surface area contributed by atoms with E-state index in [1.165, 1.54) is 24.3 Å². The van der Waals surface area contributed by atoms with Crippen molar-refractivity contribution in [3.8, 4) is 28.7 Å². The molecule has 28 heavy (non-hydrogen) atoms. The van der Waals surface area contributed by atoms with Crippen LogP contribution in [0, 0.1) is 0 Å². The third kappa shape index (κ3) is 4.24. The number of carbonyl (C=O) groups is 1. The summed E-state index contributed by atoms with van der Waals surface area (Å²) in [5.41, 5.74) is 0.929. The smallest absolute Gasteiger partial charge is 0.306 e. The Bertz CT molecular complexity index is 862. The van der Waals surface area contributed by atoms with Gasteiger partial charge in [0, 0.05) is 36.1 Å². The molecule has 0 amide bonds. The van der Waals surface area contributed by atoms with Gasteiger partial charge in [0.05, 0.1) is 0 Å². The third-order valence-electron chi connectivity index (χ3n) is 4.76. The highest BCUT2D eigenvalue weighted by Gasteiger charge is 2.36. The van der Waals surface area contributed by atoms with Crippen LogP contribution in [0.4, 0.5) is 0 Å². The number of hydrogen-bond acceptors (Lipinski definition) is 7. The molecule has 0 radical (unpaired) electrons. The first-order valence-corrected chi connectivity index (χ1v) is 9.32. The van der Waals surface area contributed by atoms with Gasteiger partial charge >= 0.3 is 5.97 Å². The van der Waals surface area contributed by atoms with Crippen molar-refractivity contribution < 1.29 is 34.7 Å². The van der Waals surface area contributed by atoms with Crippen LogP contribution < -0.4 is 4.74 Å². The zero-order valence-corrected chi connectivity index (χ0v) is 15.6. The minimum Gasteiger partial charge on any atom is -0.508 e. The second kappa shape index (κ2) is 8.29. The van der Waals surface area contributed by atoms with E-state index in [2.05, 4.69) is 0 Å². The molecule has 1 aliphatic heterocycles. The maximum atomic E-state index is 12.3. The van der Waals surface area contributed by atoms with Gasteiger partial charge in [-0.15, -0.1) is 0 Å². The van der Waals surface area contributed by atoms with Crippen LogP contribution in [0.2, 0.25) is 0 Å². The number of ether oxygens (including phenoxy) is 2. The van der Waals surface area contributed by atoms with Gasteiger partial charge in [0.15, 0.2) is 17.6 Å². The summed E-state index contributed by atoms with van der Waals surface area (Å²) in [5.74, 6) is -0.986. The van der Waals surface area contributed by atoms with Crippen molar-refractivity contribution in [2.45, 2.75) is 51.2 Å². The van der Waals surface area contributed by atoms with Crippen molar-refractivity contribution in [2.75, 3.05) is 0 Å². The van der Waals surface area contributed by atoms with Crippen LogP contribution in [0.1, 0.15) is 49.8 Å². The van der Waals surface area contributed by atoms with Crippen molar-refractivity contribution in [3.63, 3.8) is 0 Å². The Labute approximate surface area is 162 Å². The van der Waals surface area contributed by atoms with Gasteiger partial charge in [-0.25, -0.2) is 0 Å². The van der Waals surface area contributed by atoms with E-state index < -0.39 is 12.2 Å². The summed E-state index contributed by atoms with van der Waals surface area (Å²) in [7, 11) is 0. The molecule has 0 saturated carbocycles. The molecule has 0 spiro atoms. The number of phenolic OH excluding ortho intramolecular Hbond substituents is 4. The second-order valence-corrected chi connectivity index (χ2v) is 6.92. The summed E-state index contributed by atoms with van der Waals surface area (Å²) < 4.78 is 11.6. The standard InChI is InChI=1S/C21H24O7/c1-2-3-4-5-20(26)27-19-11-14-16(24)9-13(22)10-18(14)28-21(19)12-6-7-15(23)17(25)8-12/h6-10,19,21-25H,2-5,11H2,1H3. The van der Waals surface area contributed by atoms with Crippen molar-refractivity contribution in [3.05, 3.63) is 41.5 Å². The largest absolute Gasteiger partial charge is 0.508 e. The number of carbonyl (C=O) groups excluding carboxylic acids is 1. The SMILES string of the molecule is CCCCCC(=O)OC1Cc2c(O)cc(O)cc2OC1c1ccc(O)c(O)c1. The summed E-state index contributed by atoms with van der Waals surface area (Å²) in [4.78, 5) is 12.3. The fourth-order valence-corrected chi connectivity index (χ4v) is 3.30. The lowest BCUT2D eigenvalue weighted by Gasteiger charge is -2.34.